The van der Waals surface area contributed by atoms with Crippen LogP contribution in [0.1, 0.15) is 44.6 Å². The Morgan fingerprint density at radius 2 is 1.92 bits per heavy atom. The highest BCUT2D eigenvalue weighted by atomic mass is 16.5. The molecule has 1 aliphatic carbocycles. The van der Waals surface area contributed by atoms with Crippen LogP contribution in [0, 0.1) is 5.92 Å². The molecule has 132 valence electrons. The van der Waals surface area contributed by atoms with E-state index in [1.54, 1.807) is 20.1 Å². The van der Waals surface area contributed by atoms with Crippen LogP contribution in [0.4, 0.5) is 0 Å². The number of carbonyl (C=O) groups excluding carboxylic acids is 2. The van der Waals surface area contributed by atoms with Gasteiger partial charge in [-0.2, -0.15) is 0 Å². The van der Waals surface area contributed by atoms with Crippen LogP contribution in [0.3, 0.4) is 0 Å². The predicted octanol–water partition coefficient (Wildman–Crippen LogP) is 2.87. The van der Waals surface area contributed by atoms with E-state index in [1.165, 1.54) is 32.1 Å². The molecule has 1 aromatic carbocycles. The molecule has 1 aliphatic rings. The smallest absolute Gasteiger partial charge is 0.311 e. The van der Waals surface area contributed by atoms with Crippen LogP contribution in [0.2, 0.25) is 0 Å². The number of esters is 1. The molecule has 1 unspecified atom stereocenters. The summed E-state index contributed by atoms with van der Waals surface area (Å²) >= 11 is 0. The summed E-state index contributed by atoms with van der Waals surface area (Å²) in [6.07, 6.45) is 5.42. The van der Waals surface area contributed by atoms with Crippen molar-refractivity contribution in [1.82, 2.24) is 5.32 Å². The number of para-hydroxylation sites is 1. The van der Waals surface area contributed by atoms with Crippen molar-refractivity contribution in [3.05, 3.63) is 29.8 Å². The molecule has 0 saturated heterocycles. The maximum absolute atomic E-state index is 12.1. The average Bonchev–Trinajstić information content (AvgIpc) is 2.60. The van der Waals surface area contributed by atoms with Crippen LogP contribution in [-0.2, 0) is 20.7 Å². The summed E-state index contributed by atoms with van der Waals surface area (Å²) < 4.78 is 10.5. The zero-order chi connectivity index (χ0) is 17.4. The first-order valence-electron chi connectivity index (χ1n) is 8.69. The summed E-state index contributed by atoms with van der Waals surface area (Å²) in [5.74, 6) is 0.539. The number of nitrogens with one attached hydrogen (secondary N) is 1. The van der Waals surface area contributed by atoms with E-state index in [2.05, 4.69) is 5.32 Å². The second-order valence-corrected chi connectivity index (χ2v) is 6.37. The summed E-state index contributed by atoms with van der Waals surface area (Å²) in [5, 5.41) is 2.90. The summed E-state index contributed by atoms with van der Waals surface area (Å²) in [6, 6.07) is 7.29. The molecule has 1 aromatic rings. The largest absolute Gasteiger partial charge is 0.496 e. The number of hydrogen-bond acceptors (Lipinski definition) is 4. The predicted molar refractivity (Wildman–Crippen MR) is 91.8 cm³/mol. The normalized spacial score (nSPS) is 16.2. The van der Waals surface area contributed by atoms with Gasteiger partial charge in [-0.25, -0.2) is 0 Å². The molecule has 1 amide bonds. The summed E-state index contributed by atoms with van der Waals surface area (Å²) in [7, 11) is 1.56. The fourth-order valence-electron chi connectivity index (χ4n) is 3.08. The van der Waals surface area contributed by atoms with E-state index in [9.17, 15) is 9.59 Å². The molecule has 5 heteroatoms. The van der Waals surface area contributed by atoms with E-state index in [0.717, 1.165) is 5.56 Å². The first-order valence-corrected chi connectivity index (χ1v) is 8.69. The van der Waals surface area contributed by atoms with Crippen LogP contribution >= 0.6 is 0 Å². The highest BCUT2D eigenvalue weighted by Gasteiger charge is 2.20. The Morgan fingerprint density at radius 3 is 2.62 bits per heavy atom. The lowest BCUT2D eigenvalue weighted by Crippen LogP contribution is -2.39. The maximum atomic E-state index is 12.1. The van der Waals surface area contributed by atoms with E-state index in [0.29, 0.717) is 18.2 Å². The Kier molecular flexibility index (Phi) is 7.09. The number of methoxy groups -OCH3 is 1. The molecule has 5 nitrogen and oxygen atoms in total. The van der Waals surface area contributed by atoms with E-state index >= 15 is 0 Å². The van der Waals surface area contributed by atoms with Crippen molar-refractivity contribution in [1.29, 1.82) is 0 Å². The summed E-state index contributed by atoms with van der Waals surface area (Å²) in [4.78, 5) is 24.1. The fraction of sp³-hybridized carbons (Fsp3) is 0.579. The number of hydrogen-bond donors (Lipinski definition) is 1. The minimum absolute atomic E-state index is 0.0876. The van der Waals surface area contributed by atoms with Gasteiger partial charge in [0, 0.05) is 12.1 Å². The minimum atomic E-state index is -0.782. The molecule has 24 heavy (non-hydrogen) atoms. The van der Waals surface area contributed by atoms with E-state index in [1.807, 2.05) is 18.2 Å². The summed E-state index contributed by atoms with van der Waals surface area (Å²) in [5.41, 5.74) is 0.750. The van der Waals surface area contributed by atoms with Gasteiger partial charge in [0.1, 0.15) is 5.75 Å². The lowest BCUT2D eigenvalue weighted by atomic mass is 9.89. The quantitative estimate of drug-likeness (QED) is 0.779. The highest BCUT2D eigenvalue weighted by molar-refractivity contribution is 5.84. The van der Waals surface area contributed by atoms with Crippen LogP contribution < -0.4 is 10.1 Å². The van der Waals surface area contributed by atoms with Gasteiger partial charge < -0.3 is 14.8 Å². The van der Waals surface area contributed by atoms with E-state index < -0.39 is 12.1 Å². The van der Waals surface area contributed by atoms with Gasteiger partial charge in [0.15, 0.2) is 6.10 Å². The monoisotopic (exact) mass is 333 g/mol. The van der Waals surface area contributed by atoms with Crippen LogP contribution in [0.25, 0.3) is 0 Å². The van der Waals surface area contributed by atoms with Gasteiger partial charge in [-0.15, -0.1) is 0 Å². The zero-order valence-electron chi connectivity index (χ0n) is 14.5. The van der Waals surface area contributed by atoms with Gasteiger partial charge in [0.05, 0.1) is 13.5 Å². The molecule has 0 aliphatic heterocycles. The zero-order valence-corrected chi connectivity index (χ0v) is 14.5. The maximum Gasteiger partial charge on any atom is 0.311 e. The number of amides is 1. The summed E-state index contributed by atoms with van der Waals surface area (Å²) in [6.45, 7) is 2.28. The van der Waals surface area contributed by atoms with Gasteiger partial charge in [-0.05, 0) is 31.7 Å². The van der Waals surface area contributed by atoms with Crippen molar-refractivity contribution in [3.8, 4) is 5.75 Å². The molecular weight excluding hydrogens is 306 g/mol. The van der Waals surface area contributed by atoms with E-state index in [-0.39, 0.29) is 12.3 Å². The lowest BCUT2D eigenvalue weighted by molar-refractivity contribution is -0.154. The number of ether oxygens (including phenoxy) is 2. The third-order valence-electron chi connectivity index (χ3n) is 4.49. The third-order valence-corrected chi connectivity index (χ3v) is 4.49. The first-order chi connectivity index (χ1) is 11.6. The van der Waals surface area contributed by atoms with Crippen molar-refractivity contribution in [2.45, 2.75) is 51.6 Å². The molecule has 0 bridgehead atoms. The van der Waals surface area contributed by atoms with Gasteiger partial charge in [0.25, 0.3) is 5.91 Å². The molecule has 0 spiro atoms. The minimum Gasteiger partial charge on any atom is -0.496 e. The Hall–Kier alpha value is -2.04. The molecule has 1 fully saturated rings. The highest BCUT2D eigenvalue weighted by Crippen LogP contribution is 2.22. The van der Waals surface area contributed by atoms with Crippen LogP contribution in [-0.4, -0.2) is 31.6 Å². The number of benzene rings is 1. The molecule has 0 aromatic heterocycles. The van der Waals surface area contributed by atoms with Crippen molar-refractivity contribution < 1.29 is 19.1 Å². The van der Waals surface area contributed by atoms with E-state index in [4.69, 9.17) is 9.47 Å². The standard InChI is InChI=1S/C19H27NO4/c1-14(19(22)20-13-15-8-4-3-5-9-15)24-18(21)12-16-10-6-7-11-17(16)23-2/h6-7,10-11,14-15H,3-5,8-9,12-13H2,1-2H3,(H,20,22). The van der Waals surface area contributed by atoms with Crippen molar-refractivity contribution >= 4 is 11.9 Å². The van der Waals surface area contributed by atoms with Gasteiger partial charge >= 0.3 is 5.97 Å². The van der Waals surface area contributed by atoms with Crippen LogP contribution in [0.15, 0.2) is 24.3 Å². The molecule has 1 saturated carbocycles. The Balaban J connectivity index is 1.76. The number of carbonyl (C=O) groups is 2. The molecular formula is C19H27NO4. The van der Waals surface area contributed by atoms with Crippen molar-refractivity contribution in [2.75, 3.05) is 13.7 Å². The van der Waals surface area contributed by atoms with Gasteiger partial charge in [-0.3, -0.25) is 9.59 Å². The van der Waals surface area contributed by atoms with Crippen LogP contribution in [0.5, 0.6) is 5.75 Å². The Labute approximate surface area is 143 Å². The average molecular weight is 333 g/mol. The van der Waals surface area contributed by atoms with Gasteiger partial charge in [-0.1, -0.05) is 37.5 Å². The first kappa shape index (κ1) is 18.3. The van der Waals surface area contributed by atoms with Crippen molar-refractivity contribution in [3.63, 3.8) is 0 Å². The Bertz CT molecular complexity index is 552. The van der Waals surface area contributed by atoms with Crippen molar-refractivity contribution in [2.24, 2.45) is 5.92 Å². The molecule has 0 radical (unpaired) electrons. The SMILES string of the molecule is COc1ccccc1CC(=O)OC(C)C(=O)NCC1CCCCC1. The molecule has 0 heterocycles. The number of rotatable bonds is 7. The lowest BCUT2D eigenvalue weighted by Gasteiger charge is -2.22. The second-order valence-electron chi connectivity index (χ2n) is 6.37. The molecule has 1 N–H and O–H groups in total. The third kappa shape index (κ3) is 5.55. The Morgan fingerprint density at radius 1 is 1.21 bits per heavy atom. The molecule has 2 rings (SSSR count). The van der Waals surface area contributed by atoms with Gasteiger partial charge in [0.2, 0.25) is 0 Å². The molecule has 1 atom stereocenters. The fourth-order valence-corrected chi connectivity index (χ4v) is 3.08. The second kappa shape index (κ2) is 9.30. The topological polar surface area (TPSA) is 64.6 Å².